The Kier molecular flexibility index (Phi) is 5.22. The minimum absolute atomic E-state index is 0.548. The number of hydrogen-bond donors (Lipinski definition) is 0. The van der Waals surface area contributed by atoms with Crippen molar-refractivity contribution in [1.82, 2.24) is 15.0 Å². The summed E-state index contributed by atoms with van der Waals surface area (Å²) < 4.78 is 12.7. The normalized spacial score (nSPS) is 11.9. The van der Waals surface area contributed by atoms with Gasteiger partial charge in [0.1, 0.15) is 22.3 Å². The molecule has 0 amide bonds. The van der Waals surface area contributed by atoms with Gasteiger partial charge in [0.05, 0.1) is 5.56 Å². The van der Waals surface area contributed by atoms with Gasteiger partial charge < -0.3 is 8.83 Å². The molecule has 5 nitrogen and oxygen atoms in total. The van der Waals surface area contributed by atoms with Crippen LogP contribution in [-0.2, 0) is 0 Å². The molecule has 0 saturated heterocycles. The predicted molar refractivity (Wildman–Crippen MR) is 186 cm³/mol. The Labute approximate surface area is 262 Å². The number of fused-ring (bicyclic) bond motifs is 9. The van der Waals surface area contributed by atoms with E-state index >= 15 is 0 Å². The maximum absolute atomic E-state index is 6.43. The second-order valence-corrected chi connectivity index (χ2v) is 11.6. The zero-order valence-electron chi connectivity index (χ0n) is 24.4. The molecule has 10 rings (SSSR count). The maximum atomic E-state index is 6.43. The van der Waals surface area contributed by atoms with Crippen LogP contribution in [0.2, 0.25) is 0 Å². The summed E-state index contributed by atoms with van der Waals surface area (Å²) in [6.07, 6.45) is 0. The van der Waals surface area contributed by atoms with Crippen molar-refractivity contribution in [2.75, 3.05) is 0 Å². The number of nitrogens with zero attached hydrogens (tertiary/aromatic N) is 3. The first kappa shape index (κ1) is 25.0. The minimum atomic E-state index is 0.548. The van der Waals surface area contributed by atoms with Crippen molar-refractivity contribution in [3.63, 3.8) is 0 Å². The summed E-state index contributed by atoms with van der Waals surface area (Å²) in [6.45, 7) is 0. The van der Waals surface area contributed by atoms with Gasteiger partial charge >= 0.3 is 0 Å². The molecule has 0 aliphatic carbocycles. The first-order valence-corrected chi connectivity index (χ1v) is 15.3. The SMILES string of the molecule is c1ccc2c(c1)ccc1cccc(-c3nc(-c4ccc5c(c4)oc4ccccc45)nc(-c4cccc5c4oc4ccccc45)n3)c12. The average molecular weight is 590 g/mol. The Hall–Kier alpha value is -6.33. The highest BCUT2D eigenvalue weighted by Gasteiger charge is 2.20. The highest BCUT2D eigenvalue weighted by molar-refractivity contribution is 6.14. The third kappa shape index (κ3) is 3.72. The molecule has 0 spiro atoms. The van der Waals surface area contributed by atoms with Gasteiger partial charge in [0.15, 0.2) is 17.5 Å². The molecular formula is C41H23N3O2. The van der Waals surface area contributed by atoms with E-state index in [4.69, 9.17) is 23.8 Å². The topological polar surface area (TPSA) is 65.0 Å². The fraction of sp³-hybridized carbons (Fsp3) is 0. The Bertz CT molecular complexity index is 2830. The molecule has 3 heterocycles. The average Bonchev–Trinajstić information content (AvgIpc) is 3.69. The van der Waals surface area contributed by atoms with Crippen LogP contribution in [0.5, 0.6) is 0 Å². The largest absolute Gasteiger partial charge is 0.456 e. The van der Waals surface area contributed by atoms with Gasteiger partial charge in [0.2, 0.25) is 0 Å². The fourth-order valence-electron chi connectivity index (χ4n) is 6.78. The van der Waals surface area contributed by atoms with Crippen molar-refractivity contribution in [1.29, 1.82) is 0 Å². The van der Waals surface area contributed by atoms with Gasteiger partial charge in [-0.1, -0.05) is 109 Å². The lowest BCUT2D eigenvalue weighted by atomic mass is 9.97. The lowest BCUT2D eigenvalue weighted by molar-refractivity contribution is 0.668. The third-order valence-corrected chi connectivity index (χ3v) is 8.93. The molecule has 0 N–H and O–H groups in total. The van der Waals surface area contributed by atoms with E-state index in [1.54, 1.807) is 0 Å². The summed E-state index contributed by atoms with van der Waals surface area (Å²) in [5, 5.41) is 8.78. The van der Waals surface area contributed by atoms with Crippen molar-refractivity contribution in [2.24, 2.45) is 0 Å². The summed E-state index contributed by atoms with van der Waals surface area (Å²) in [6, 6.07) is 47.6. The van der Waals surface area contributed by atoms with Crippen molar-refractivity contribution >= 4 is 65.4 Å². The van der Waals surface area contributed by atoms with E-state index in [1.807, 2.05) is 54.6 Å². The monoisotopic (exact) mass is 589 g/mol. The minimum Gasteiger partial charge on any atom is -0.456 e. The quantitative estimate of drug-likeness (QED) is 0.192. The zero-order valence-corrected chi connectivity index (χ0v) is 24.4. The van der Waals surface area contributed by atoms with Crippen molar-refractivity contribution < 1.29 is 8.83 Å². The molecule has 0 aliphatic heterocycles. The Balaban J connectivity index is 1.27. The molecular weight excluding hydrogens is 566 g/mol. The molecule has 7 aromatic carbocycles. The van der Waals surface area contributed by atoms with E-state index in [9.17, 15) is 0 Å². The second kappa shape index (κ2) is 9.58. The standard InChI is InChI=1S/C41H23N3O2/c1-2-11-27-24(9-1)19-20-25-10-7-15-32(37(25)27)40-42-39(26-21-22-30-28-12-3-5-17-34(28)45-36(30)23-26)43-41(44-40)33-16-8-14-31-29-13-4-6-18-35(29)46-38(31)33/h1-23H. The molecule has 46 heavy (non-hydrogen) atoms. The highest BCUT2D eigenvalue weighted by atomic mass is 16.3. The van der Waals surface area contributed by atoms with Crippen molar-refractivity contribution in [2.45, 2.75) is 0 Å². The smallest absolute Gasteiger partial charge is 0.167 e. The molecule has 3 aromatic heterocycles. The van der Waals surface area contributed by atoms with Crippen LogP contribution in [0.15, 0.2) is 148 Å². The zero-order chi connectivity index (χ0) is 30.2. The summed E-state index contributed by atoms with van der Waals surface area (Å²) in [5.41, 5.74) is 5.83. The van der Waals surface area contributed by atoms with E-state index in [2.05, 4.69) is 84.9 Å². The molecule has 0 unspecified atom stereocenters. The predicted octanol–water partition coefficient (Wildman–Crippen LogP) is 11.0. The molecule has 5 heteroatoms. The summed E-state index contributed by atoms with van der Waals surface area (Å²) in [5.74, 6) is 1.71. The Morgan fingerprint density at radius 1 is 0.370 bits per heavy atom. The van der Waals surface area contributed by atoms with Gasteiger partial charge in [-0.3, -0.25) is 0 Å². The first-order chi connectivity index (χ1) is 22.8. The van der Waals surface area contributed by atoms with Crippen LogP contribution < -0.4 is 0 Å². The molecule has 0 saturated carbocycles. The molecule has 0 radical (unpaired) electrons. The summed E-state index contributed by atoms with van der Waals surface area (Å²) in [4.78, 5) is 15.4. The number of rotatable bonds is 3. The van der Waals surface area contributed by atoms with Crippen LogP contribution in [0.4, 0.5) is 0 Å². The molecule has 0 atom stereocenters. The Morgan fingerprint density at radius 2 is 0.957 bits per heavy atom. The molecule has 0 fully saturated rings. The molecule has 214 valence electrons. The van der Waals surface area contributed by atoms with Gasteiger partial charge in [-0.05, 0) is 46.5 Å². The Morgan fingerprint density at radius 3 is 1.83 bits per heavy atom. The number of furan rings is 2. The highest BCUT2D eigenvalue weighted by Crippen LogP contribution is 2.38. The van der Waals surface area contributed by atoms with Crippen LogP contribution in [-0.4, -0.2) is 15.0 Å². The van der Waals surface area contributed by atoms with E-state index in [0.29, 0.717) is 17.5 Å². The third-order valence-electron chi connectivity index (χ3n) is 8.93. The van der Waals surface area contributed by atoms with E-state index in [-0.39, 0.29) is 0 Å². The van der Waals surface area contributed by atoms with Crippen molar-refractivity contribution in [3.05, 3.63) is 140 Å². The second-order valence-electron chi connectivity index (χ2n) is 11.6. The number of aromatic nitrogens is 3. The van der Waals surface area contributed by atoms with Crippen LogP contribution >= 0.6 is 0 Å². The van der Waals surface area contributed by atoms with E-state index in [1.165, 1.54) is 5.39 Å². The van der Waals surface area contributed by atoms with Gasteiger partial charge in [-0.2, -0.15) is 0 Å². The van der Waals surface area contributed by atoms with E-state index < -0.39 is 0 Å². The first-order valence-electron chi connectivity index (χ1n) is 15.3. The number of hydrogen-bond acceptors (Lipinski definition) is 5. The van der Waals surface area contributed by atoms with Gasteiger partial charge in [-0.25, -0.2) is 15.0 Å². The van der Waals surface area contributed by atoms with Gasteiger partial charge in [0, 0.05) is 38.1 Å². The van der Waals surface area contributed by atoms with Crippen LogP contribution in [0.3, 0.4) is 0 Å². The van der Waals surface area contributed by atoms with Crippen LogP contribution in [0.1, 0.15) is 0 Å². The van der Waals surface area contributed by atoms with Crippen LogP contribution in [0.25, 0.3) is 99.6 Å². The summed E-state index contributed by atoms with van der Waals surface area (Å²) >= 11 is 0. The maximum Gasteiger partial charge on any atom is 0.167 e. The lowest BCUT2D eigenvalue weighted by Gasteiger charge is -2.12. The molecule has 10 aromatic rings. The number of para-hydroxylation sites is 3. The number of benzene rings is 7. The molecule has 0 bridgehead atoms. The van der Waals surface area contributed by atoms with Gasteiger partial charge in [-0.15, -0.1) is 0 Å². The summed E-state index contributed by atoms with van der Waals surface area (Å²) in [7, 11) is 0. The lowest BCUT2D eigenvalue weighted by Crippen LogP contribution is -2.01. The fourth-order valence-corrected chi connectivity index (χ4v) is 6.78. The van der Waals surface area contributed by atoms with E-state index in [0.717, 1.165) is 76.7 Å². The van der Waals surface area contributed by atoms with Gasteiger partial charge in [0.25, 0.3) is 0 Å². The molecule has 0 aliphatic rings. The van der Waals surface area contributed by atoms with Crippen molar-refractivity contribution in [3.8, 4) is 34.2 Å². The van der Waals surface area contributed by atoms with Crippen LogP contribution in [0, 0.1) is 0 Å².